The average molecular weight is 309 g/mol. The largest absolute Gasteiger partial charge is 0.497 e. The summed E-state index contributed by atoms with van der Waals surface area (Å²) >= 11 is 1.14. The van der Waals surface area contributed by atoms with Gasteiger partial charge in [-0.1, -0.05) is 6.92 Å². The Kier molecular flexibility index (Phi) is 4.47. The zero-order chi connectivity index (χ0) is 15.6. The summed E-state index contributed by atoms with van der Waals surface area (Å²) in [6.07, 6.45) is 0.597. The minimum Gasteiger partial charge on any atom is -0.497 e. The Morgan fingerprint density at radius 2 is 2.10 bits per heavy atom. The van der Waals surface area contributed by atoms with Crippen molar-refractivity contribution in [1.82, 2.24) is 0 Å². The Morgan fingerprint density at radius 1 is 1.38 bits per heavy atom. The van der Waals surface area contributed by atoms with Crippen LogP contribution in [0.15, 0.2) is 18.2 Å². The lowest BCUT2D eigenvalue weighted by Gasteiger charge is -2.06. The molecule has 0 saturated carbocycles. The maximum atomic E-state index is 14.2. The first-order chi connectivity index (χ1) is 10.0. The van der Waals surface area contributed by atoms with E-state index < -0.39 is 11.8 Å². The number of ether oxygens (including phenoxy) is 2. The van der Waals surface area contributed by atoms with E-state index >= 15 is 0 Å². The molecule has 0 aliphatic heterocycles. The van der Waals surface area contributed by atoms with Crippen molar-refractivity contribution >= 4 is 23.0 Å². The Bertz CT molecular complexity index is 682. The molecule has 2 N–H and O–H groups in total. The van der Waals surface area contributed by atoms with E-state index in [1.165, 1.54) is 20.3 Å². The molecule has 0 amide bonds. The number of benzene rings is 1. The van der Waals surface area contributed by atoms with Gasteiger partial charge in [0.25, 0.3) is 0 Å². The smallest absolute Gasteiger partial charge is 0.350 e. The fourth-order valence-electron chi connectivity index (χ4n) is 2.10. The Labute approximate surface area is 126 Å². The van der Waals surface area contributed by atoms with Gasteiger partial charge in [-0.05, 0) is 24.1 Å². The Balaban J connectivity index is 2.61. The molecule has 21 heavy (non-hydrogen) atoms. The minimum absolute atomic E-state index is 0.305. The highest BCUT2D eigenvalue weighted by atomic mass is 32.1. The van der Waals surface area contributed by atoms with E-state index in [1.54, 1.807) is 12.1 Å². The maximum absolute atomic E-state index is 14.2. The van der Waals surface area contributed by atoms with Gasteiger partial charge in [0.15, 0.2) is 0 Å². The van der Waals surface area contributed by atoms with Crippen LogP contribution in [0.3, 0.4) is 0 Å². The van der Waals surface area contributed by atoms with Gasteiger partial charge in [0.05, 0.1) is 19.9 Å². The fourth-order valence-corrected chi connectivity index (χ4v) is 3.35. The second kappa shape index (κ2) is 6.13. The van der Waals surface area contributed by atoms with Crippen molar-refractivity contribution in [2.75, 3.05) is 20.0 Å². The van der Waals surface area contributed by atoms with Crippen molar-refractivity contribution in [1.29, 1.82) is 0 Å². The number of rotatable bonds is 4. The zero-order valence-corrected chi connectivity index (χ0v) is 12.8. The predicted octanol–water partition coefficient (Wildman–Crippen LogP) is 3.49. The average Bonchev–Trinajstić information content (AvgIpc) is 2.82. The highest BCUT2D eigenvalue weighted by Gasteiger charge is 2.23. The van der Waals surface area contributed by atoms with Gasteiger partial charge in [-0.2, -0.15) is 0 Å². The molecule has 0 saturated heterocycles. The zero-order valence-electron chi connectivity index (χ0n) is 12.0. The molecular weight excluding hydrogens is 293 g/mol. The lowest BCUT2D eigenvalue weighted by atomic mass is 10.1. The molecule has 4 nitrogen and oxygen atoms in total. The number of esters is 1. The topological polar surface area (TPSA) is 61.5 Å². The van der Waals surface area contributed by atoms with Crippen LogP contribution >= 0.6 is 11.3 Å². The molecule has 1 aromatic heterocycles. The molecule has 1 aromatic carbocycles. The molecule has 0 unspecified atom stereocenters. The third kappa shape index (κ3) is 2.71. The van der Waals surface area contributed by atoms with Gasteiger partial charge in [-0.25, -0.2) is 9.18 Å². The van der Waals surface area contributed by atoms with Gasteiger partial charge in [0, 0.05) is 16.5 Å². The van der Waals surface area contributed by atoms with Gasteiger partial charge in [0.2, 0.25) is 0 Å². The molecule has 0 spiro atoms. The number of halogens is 1. The molecule has 0 radical (unpaired) electrons. The van der Waals surface area contributed by atoms with Crippen molar-refractivity contribution in [2.45, 2.75) is 13.3 Å². The van der Waals surface area contributed by atoms with E-state index in [-0.39, 0.29) is 0 Å². The van der Waals surface area contributed by atoms with Crippen molar-refractivity contribution in [3.63, 3.8) is 0 Å². The monoisotopic (exact) mass is 309 g/mol. The molecule has 6 heteroatoms. The van der Waals surface area contributed by atoms with Crippen molar-refractivity contribution < 1.29 is 18.7 Å². The summed E-state index contributed by atoms with van der Waals surface area (Å²) in [6.45, 7) is 1.91. The van der Waals surface area contributed by atoms with Gasteiger partial charge in [0.1, 0.15) is 16.4 Å². The lowest BCUT2D eigenvalue weighted by molar-refractivity contribution is 0.0607. The number of hydrogen-bond acceptors (Lipinski definition) is 5. The summed E-state index contributed by atoms with van der Waals surface area (Å²) in [7, 11) is 2.77. The van der Waals surface area contributed by atoms with Crippen molar-refractivity contribution in [3.05, 3.63) is 34.5 Å². The van der Waals surface area contributed by atoms with E-state index in [1.807, 2.05) is 6.92 Å². The van der Waals surface area contributed by atoms with Crippen LogP contribution < -0.4 is 10.5 Å². The molecule has 0 atom stereocenters. The predicted molar refractivity (Wildman–Crippen MR) is 81.4 cm³/mol. The quantitative estimate of drug-likeness (QED) is 0.878. The normalized spacial score (nSPS) is 10.5. The highest BCUT2D eigenvalue weighted by Crippen LogP contribution is 2.41. The van der Waals surface area contributed by atoms with E-state index in [9.17, 15) is 9.18 Å². The first-order valence-corrected chi connectivity index (χ1v) is 7.18. The summed E-state index contributed by atoms with van der Waals surface area (Å²) in [5.41, 5.74) is 7.51. The van der Waals surface area contributed by atoms with Crippen molar-refractivity contribution in [2.24, 2.45) is 0 Å². The summed E-state index contributed by atoms with van der Waals surface area (Å²) in [4.78, 5) is 12.7. The molecule has 0 bridgehead atoms. The number of carbonyl (C=O) groups is 1. The molecule has 2 aromatic rings. The Morgan fingerprint density at radius 3 is 2.62 bits per heavy atom. The van der Waals surface area contributed by atoms with E-state index in [0.717, 1.165) is 16.9 Å². The molecule has 112 valence electrons. The van der Waals surface area contributed by atoms with Gasteiger partial charge in [-0.3, -0.25) is 0 Å². The number of nitrogen functional groups attached to an aromatic ring is 1. The first-order valence-electron chi connectivity index (χ1n) is 6.36. The molecule has 1 heterocycles. The minimum atomic E-state index is -0.507. The second-order valence-corrected chi connectivity index (χ2v) is 5.36. The van der Waals surface area contributed by atoms with Crippen LogP contribution in [0.25, 0.3) is 10.4 Å². The SMILES string of the molecule is CCc1c(-c2ccc(OC)cc2F)sc(C(=O)OC)c1N. The van der Waals surface area contributed by atoms with Gasteiger partial charge in [-0.15, -0.1) is 11.3 Å². The van der Waals surface area contributed by atoms with Crippen LogP contribution in [-0.4, -0.2) is 20.2 Å². The second-order valence-electron chi connectivity index (χ2n) is 4.34. The van der Waals surface area contributed by atoms with Crippen molar-refractivity contribution in [3.8, 4) is 16.2 Å². The van der Waals surface area contributed by atoms with E-state index in [2.05, 4.69) is 0 Å². The maximum Gasteiger partial charge on any atom is 0.350 e. The van der Waals surface area contributed by atoms with Crippen LogP contribution in [0.2, 0.25) is 0 Å². The number of carbonyl (C=O) groups excluding carboxylic acids is 1. The van der Waals surface area contributed by atoms with Gasteiger partial charge >= 0.3 is 5.97 Å². The first kappa shape index (κ1) is 15.3. The van der Waals surface area contributed by atoms with Crippen LogP contribution in [0.4, 0.5) is 10.1 Å². The highest BCUT2D eigenvalue weighted by molar-refractivity contribution is 7.18. The van der Waals surface area contributed by atoms with Gasteiger partial charge < -0.3 is 15.2 Å². The molecule has 0 aliphatic rings. The van der Waals surface area contributed by atoms with Crippen LogP contribution in [0, 0.1) is 5.82 Å². The Hall–Kier alpha value is -2.08. The number of hydrogen-bond donors (Lipinski definition) is 1. The van der Waals surface area contributed by atoms with Crippen LogP contribution in [0.1, 0.15) is 22.2 Å². The number of methoxy groups -OCH3 is 2. The number of anilines is 1. The summed E-state index contributed by atoms with van der Waals surface area (Å²) in [5, 5.41) is 0. The summed E-state index contributed by atoms with van der Waals surface area (Å²) in [6, 6.07) is 4.60. The summed E-state index contributed by atoms with van der Waals surface area (Å²) < 4.78 is 23.9. The van der Waals surface area contributed by atoms with E-state index in [4.69, 9.17) is 15.2 Å². The number of thiophene rings is 1. The summed E-state index contributed by atoms with van der Waals surface area (Å²) in [5.74, 6) is -0.485. The molecule has 0 aliphatic carbocycles. The molecule has 0 fully saturated rings. The lowest BCUT2D eigenvalue weighted by Crippen LogP contribution is -2.02. The van der Waals surface area contributed by atoms with Crippen LogP contribution in [0.5, 0.6) is 5.75 Å². The van der Waals surface area contributed by atoms with E-state index in [0.29, 0.717) is 33.2 Å². The third-order valence-corrected chi connectivity index (χ3v) is 4.45. The van der Waals surface area contributed by atoms with Crippen LogP contribution in [-0.2, 0) is 11.2 Å². The molecule has 2 rings (SSSR count). The molecular formula is C15H16FNO3S. The fraction of sp³-hybridized carbons (Fsp3) is 0.267. The third-order valence-electron chi connectivity index (χ3n) is 3.19. The standard InChI is InChI=1S/C15H16FNO3S/c1-4-9-12(17)14(15(18)20-3)21-13(9)10-6-5-8(19-2)7-11(10)16/h5-7H,4,17H2,1-3H3. The number of nitrogens with two attached hydrogens (primary N) is 1.